The zero-order valence-electron chi connectivity index (χ0n) is 17.0. The molecule has 1 saturated heterocycles. The molecule has 0 unspecified atom stereocenters. The van der Waals surface area contributed by atoms with E-state index in [-0.39, 0.29) is 12.0 Å². The quantitative estimate of drug-likeness (QED) is 0.817. The highest BCUT2D eigenvalue weighted by Crippen LogP contribution is 2.45. The van der Waals surface area contributed by atoms with Gasteiger partial charge < -0.3 is 14.6 Å². The van der Waals surface area contributed by atoms with Crippen LogP contribution in [0.15, 0.2) is 24.3 Å². The molecule has 3 rings (SSSR count). The van der Waals surface area contributed by atoms with E-state index in [1.807, 2.05) is 31.2 Å². The lowest BCUT2D eigenvalue weighted by molar-refractivity contribution is -0.148. The number of nitrogens with zero attached hydrogens (tertiary/aromatic N) is 1. The lowest BCUT2D eigenvalue weighted by Crippen LogP contribution is -2.41. The van der Waals surface area contributed by atoms with Gasteiger partial charge in [0.1, 0.15) is 5.75 Å². The molecule has 0 bridgehead atoms. The number of carboxylic acid groups (broad SMARTS) is 1. The number of methoxy groups -OCH3 is 1. The van der Waals surface area contributed by atoms with E-state index in [1.165, 1.54) is 0 Å². The van der Waals surface area contributed by atoms with Crippen molar-refractivity contribution in [2.75, 3.05) is 20.2 Å². The number of ether oxygens (including phenoxy) is 2. The number of rotatable bonds is 6. The first-order valence-corrected chi connectivity index (χ1v) is 10.1. The minimum Gasteiger partial charge on any atom is -0.497 e. The fourth-order valence-corrected chi connectivity index (χ4v) is 4.77. The van der Waals surface area contributed by atoms with E-state index in [2.05, 4.69) is 18.7 Å². The molecule has 1 aliphatic heterocycles. The third kappa shape index (κ3) is 4.30. The molecule has 1 saturated carbocycles. The number of aliphatic carboxylic acids is 1. The maximum atomic E-state index is 12.2. The monoisotopic (exact) mass is 375 g/mol. The largest absolute Gasteiger partial charge is 0.497 e. The van der Waals surface area contributed by atoms with Crippen LogP contribution in [0.1, 0.15) is 57.9 Å². The first-order chi connectivity index (χ1) is 12.8. The van der Waals surface area contributed by atoms with Crippen LogP contribution in [0.2, 0.25) is 0 Å². The van der Waals surface area contributed by atoms with E-state index in [0.29, 0.717) is 18.7 Å². The van der Waals surface area contributed by atoms with Crippen molar-refractivity contribution in [2.24, 2.45) is 5.41 Å². The van der Waals surface area contributed by atoms with Gasteiger partial charge in [-0.05, 0) is 64.2 Å². The predicted molar refractivity (Wildman–Crippen MR) is 105 cm³/mol. The summed E-state index contributed by atoms with van der Waals surface area (Å²) in [5.74, 6) is 0.0855. The maximum absolute atomic E-state index is 12.2. The first-order valence-electron chi connectivity index (χ1n) is 10.1. The number of carbonyl (C=O) groups is 1. The molecule has 150 valence electrons. The normalized spacial score (nSPS) is 32.0. The van der Waals surface area contributed by atoms with Crippen molar-refractivity contribution in [3.63, 3.8) is 0 Å². The lowest BCUT2D eigenvalue weighted by Gasteiger charge is -2.35. The minimum atomic E-state index is -0.764. The Morgan fingerprint density at radius 2 is 1.81 bits per heavy atom. The molecule has 2 atom stereocenters. The Bertz CT molecular complexity index is 636. The van der Waals surface area contributed by atoms with Crippen molar-refractivity contribution in [3.05, 3.63) is 29.8 Å². The molecule has 1 aromatic carbocycles. The Kier molecular flexibility index (Phi) is 6.11. The van der Waals surface area contributed by atoms with Crippen LogP contribution in [0.4, 0.5) is 0 Å². The van der Waals surface area contributed by atoms with Crippen LogP contribution >= 0.6 is 0 Å². The van der Waals surface area contributed by atoms with Gasteiger partial charge in [-0.15, -0.1) is 0 Å². The molecular formula is C22H33NO4. The molecule has 1 heterocycles. The van der Waals surface area contributed by atoms with Crippen molar-refractivity contribution >= 4 is 5.97 Å². The Hall–Kier alpha value is -1.59. The number of hydrogen-bond donors (Lipinski definition) is 1. The molecule has 1 aromatic rings. The summed E-state index contributed by atoms with van der Waals surface area (Å²) in [5, 5.41) is 9.99. The van der Waals surface area contributed by atoms with Gasteiger partial charge in [-0.1, -0.05) is 12.1 Å². The number of hydrogen-bond acceptors (Lipinski definition) is 4. The zero-order chi connectivity index (χ0) is 19.6. The maximum Gasteiger partial charge on any atom is 0.311 e. The van der Waals surface area contributed by atoms with Gasteiger partial charge in [-0.2, -0.15) is 0 Å². The number of likely N-dealkylation sites (tertiary alicyclic amines) is 1. The molecule has 27 heavy (non-hydrogen) atoms. The van der Waals surface area contributed by atoms with Crippen molar-refractivity contribution < 1.29 is 19.4 Å². The second kappa shape index (κ2) is 8.19. The topological polar surface area (TPSA) is 59.0 Å². The molecule has 0 amide bonds. The second-order valence-electron chi connectivity index (χ2n) is 8.59. The highest BCUT2D eigenvalue weighted by Gasteiger charge is 2.51. The fourth-order valence-electron chi connectivity index (χ4n) is 4.77. The van der Waals surface area contributed by atoms with E-state index < -0.39 is 11.4 Å². The van der Waals surface area contributed by atoms with Gasteiger partial charge in [0.25, 0.3) is 0 Å². The standard InChI is InChI=1S/C22H33NO4/c1-15(2)27-19-11-7-17(8-12-19)23-13-20(22(3,14-23)21(24)25)16-5-9-18(26-4)10-6-16/h5-6,9-10,15,17,19-20H,7-8,11-14H2,1-4H3,(H,24,25)/t17?,19?,20-,22+/m0/s1. The van der Waals surface area contributed by atoms with Crippen molar-refractivity contribution in [1.29, 1.82) is 0 Å². The van der Waals surface area contributed by atoms with E-state index in [1.54, 1.807) is 7.11 Å². The predicted octanol–water partition coefficient (Wildman–Crippen LogP) is 3.92. The van der Waals surface area contributed by atoms with Crippen molar-refractivity contribution in [3.8, 4) is 5.75 Å². The van der Waals surface area contributed by atoms with Gasteiger partial charge in [-0.25, -0.2) is 0 Å². The fraction of sp³-hybridized carbons (Fsp3) is 0.682. The van der Waals surface area contributed by atoms with Crippen molar-refractivity contribution in [2.45, 2.75) is 70.6 Å². The molecule has 0 radical (unpaired) electrons. The van der Waals surface area contributed by atoms with Crippen LogP contribution in [0.3, 0.4) is 0 Å². The van der Waals surface area contributed by atoms with E-state index in [0.717, 1.165) is 43.5 Å². The van der Waals surface area contributed by atoms with Gasteiger partial charge in [-0.3, -0.25) is 9.69 Å². The summed E-state index contributed by atoms with van der Waals surface area (Å²) < 4.78 is 11.2. The molecule has 0 spiro atoms. The molecule has 5 nitrogen and oxygen atoms in total. The Balaban J connectivity index is 1.71. The Morgan fingerprint density at radius 3 is 2.33 bits per heavy atom. The summed E-state index contributed by atoms with van der Waals surface area (Å²) >= 11 is 0. The average Bonchev–Trinajstić information content (AvgIpc) is 3.01. The molecule has 1 aliphatic carbocycles. The number of carboxylic acids is 1. The smallest absolute Gasteiger partial charge is 0.311 e. The molecule has 2 aliphatic rings. The van der Waals surface area contributed by atoms with Crippen LogP contribution in [0, 0.1) is 5.41 Å². The van der Waals surface area contributed by atoms with Crippen LogP contribution in [0.5, 0.6) is 5.75 Å². The summed E-state index contributed by atoms with van der Waals surface area (Å²) in [6.07, 6.45) is 4.93. The SMILES string of the molecule is COc1ccc([C@@H]2CN(C3CCC(OC(C)C)CC3)C[C@@]2(C)C(=O)O)cc1. The van der Waals surface area contributed by atoms with E-state index in [4.69, 9.17) is 9.47 Å². The van der Waals surface area contributed by atoms with Crippen LogP contribution in [0.25, 0.3) is 0 Å². The zero-order valence-corrected chi connectivity index (χ0v) is 17.0. The molecular weight excluding hydrogens is 342 g/mol. The second-order valence-corrected chi connectivity index (χ2v) is 8.59. The van der Waals surface area contributed by atoms with Gasteiger partial charge in [0.05, 0.1) is 24.7 Å². The summed E-state index contributed by atoms with van der Waals surface area (Å²) in [6.45, 7) is 7.49. The third-order valence-electron chi connectivity index (χ3n) is 6.35. The molecule has 1 N–H and O–H groups in total. The van der Waals surface area contributed by atoms with E-state index >= 15 is 0 Å². The van der Waals surface area contributed by atoms with Crippen LogP contribution < -0.4 is 4.74 Å². The average molecular weight is 376 g/mol. The Morgan fingerprint density at radius 1 is 1.19 bits per heavy atom. The first kappa shape index (κ1) is 20.2. The van der Waals surface area contributed by atoms with Gasteiger partial charge in [0.15, 0.2) is 0 Å². The molecule has 5 heteroatoms. The lowest BCUT2D eigenvalue weighted by atomic mass is 9.76. The summed E-state index contributed by atoms with van der Waals surface area (Å²) in [4.78, 5) is 14.6. The molecule has 2 fully saturated rings. The van der Waals surface area contributed by atoms with Gasteiger partial charge in [0, 0.05) is 25.0 Å². The highest BCUT2D eigenvalue weighted by molar-refractivity contribution is 5.76. The van der Waals surface area contributed by atoms with Gasteiger partial charge >= 0.3 is 5.97 Å². The van der Waals surface area contributed by atoms with Crippen LogP contribution in [-0.4, -0.2) is 54.4 Å². The number of benzene rings is 1. The third-order valence-corrected chi connectivity index (χ3v) is 6.35. The van der Waals surface area contributed by atoms with Gasteiger partial charge in [0.2, 0.25) is 0 Å². The van der Waals surface area contributed by atoms with Crippen molar-refractivity contribution in [1.82, 2.24) is 4.90 Å². The summed E-state index contributed by atoms with van der Waals surface area (Å²) in [5.41, 5.74) is 0.319. The molecule has 0 aromatic heterocycles. The highest BCUT2D eigenvalue weighted by atomic mass is 16.5. The summed E-state index contributed by atoms with van der Waals surface area (Å²) in [6, 6.07) is 8.34. The minimum absolute atomic E-state index is 0.00876. The van der Waals surface area contributed by atoms with E-state index in [9.17, 15) is 9.90 Å². The Labute approximate surface area is 162 Å². The van der Waals surface area contributed by atoms with Crippen LogP contribution in [-0.2, 0) is 9.53 Å². The summed E-state index contributed by atoms with van der Waals surface area (Å²) in [7, 11) is 1.65.